The molecule has 0 amide bonds. The molecule has 0 bridgehead atoms. The molecular weight excluding hydrogens is 356 g/mol. The second-order valence-electron chi connectivity index (χ2n) is 8.26. The quantitative estimate of drug-likeness (QED) is 0.235. The van der Waals surface area contributed by atoms with E-state index in [2.05, 4.69) is 66.4 Å². The van der Waals surface area contributed by atoms with E-state index in [1.165, 1.54) is 11.1 Å². The fourth-order valence-corrected chi connectivity index (χ4v) is 6.50. The van der Waals surface area contributed by atoms with Crippen LogP contribution in [0.15, 0.2) is 18.2 Å². The molecule has 0 aromatic heterocycles. The lowest BCUT2D eigenvalue weighted by atomic mass is 9.97. The van der Waals surface area contributed by atoms with Crippen molar-refractivity contribution in [2.24, 2.45) is 5.41 Å². The molecule has 1 nitrogen and oxygen atoms in total. The van der Waals surface area contributed by atoms with E-state index in [1.54, 1.807) is 0 Å². The number of rotatable bonds is 9. The molecule has 1 unspecified atom stereocenters. The van der Waals surface area contributed by atoms with Crippen molar-refractivity contribution in [2.45, 2.75) is 92.0 Å². The summed E-state index contributed by atoms with van der Waals surface area (Å²) in [5.41, 5.74) is 2.49. The maximum Gasteiger partial charge on any atom is 0.192 e. The van der Waals surface area contributed by atoms with Crippen LogP contribution >= 0.6 is 11.6 Å². The van der Waals surface area contributed by atoms with Crippen LogP contribution in [0.5, 0.6) is 0 Å². The molecule has 0 fully saturated rings. The number of aryl methyl sites for hydroxylation is 1. The number of hydrogen-bond donors (Lipinski definition) is 0. The summed E-state index contributed by atoms with van der Waals surface area (Å²) in [7, 11) is -1.70. The molecule has 1 aromatic rings. The van der Waals surface area contributed by atoms with Crippen LogP contribution in [0.1, 0.15) is 78.0 Å². The van der Waals surface area contributed by atoms with E-state index >= 15 is 0 Å². The Morgan fingerprint density at radius 3 is 2.23 bits per heavy atom. The molecule has 0 aliphatic heterocycles. The molecule has 3 heteroatoms. The van der Waals surface area contributed by atoms with Crippen LogP contribution in [0.4, 0.5) is 0 Å². The van der Waals surface area contributed by atoms with E-state index in [4.69, 9.17) is 16.0 Å². The zero-order valence-electron chi connectivity index (χ0n) is 17.8. The molecule has 0 saturated heterocycles. The molecule has 26 heavy (non-hydrogen) atoms. The second kappa shape index (κ2) is 10.5. The van der Waals surface area contributed by atoms with Crippen molar-refractivity contribution in [1.82, 2.24) is 0 Å². The SMILES string of the molecule is CC[Si](CC)(CC)OC(CCCC#CC(C)(C)C)c1c(C)cccc1Cl. The van der Waals surface area contributed by atoms with E-state index in [9.17, 15) is 0 Å². The minimum Gasteiger partial charge on any atom is -0.410 e. The van der Waals surface area contributed by atoms with Gasteiger partial charge in [0, 0.05) is 22.4 Å². The Kier molecular flexibility index (Phi) is 9.45. The summed E-state index contributed by atoms with van der Waals surface area (Å²) in [5, 5.41) is 0.835. The summed E-state index contributed by atoms with van der Waals surface area (Å²) in [4.78, 5) is 0. The normalized spacial score (nSPS) is 13.2. The molecule has 0 spiro atoms. The van der Waals surface area contributed by atoms with E-state index in [0.29, 0.717) is 0 Å². The van der Waals surface area contributed by atoms with Crippen LogP contribution in [0.25, 0.3) is 0 Å². The first-order chi connectivity index (χ1) is 12.2. The van der Waals surface area contributed by atoms with Crippen molar-refractivity contribution < 1.29 is 4.43 Å². The first-order valence-electron chi connectivity index (χ1n) is 10.1. The standard InChI is InChI=1S/C23H37ClOSi/c1-8-26(9-2,10-3)25-21(17-12-11-13-18-23(5,6)7)22-19(4)15-14-16-20(22)24/h14-16,21H,8-12,17H2,1-7H3. The molecule has 0 saturated carbocycles. The van der Waals surface area contributed by atoms with Crippen molar-refractivity contribution in [3.8, 4) is 11.8 Å². The molecule has 1 aromatic carbocycles. The minimum atomic E-state index is -1.70. The van der Waals surface area contributed by atoms with Gasteiger partial charge in [0.2, 0.25) is 0 Å². The lowest BCUT2D eigenvalue weighted by Crippen LogP contribution is -2.37. The van der Waals surface area contributed by atoms with Gasteiger partial charge >= 0.3 is 0 Å². The van der Waals surface area contributed by atoms with Gasteiger partial charge in [-0.15, -0.1) is 5.92 Å². The van der Waals surface area contributed by atoms with E-state index < -0.39 is 8.32 Å². The van der Waals surface area contributed by atoms with Gasteiger partial charge in [0.1, 0.15) is 0 Å². The predicted octanol–water partition coefficient (Wildman–Crippen LogP) is 7.93. The Bertz CT molecular complexity index is 589. The lowest BCUT2D eigenvalue weighted by molar-refractivity contribution is 0.176. The third-order valence-corrected chi connectivity index (χ3v) is 10.1. The van der Waals surface area contributed by atoms with Gasteiger partial charge in [0.05, 0.1) is 6.10 Å². The summed E-state index contributed by atoms with van der Waals surface area (Å²) in [6, 6.07) is 9.63. The van der Waals surface area contributed by atoms with Crippen molar-refractivity contribution in [3.63, 3.8) is 0 Å². The molecule has 0 aliphatic carbocycles. The van der Waals surface area contributed by atoms with E-state index in [-0.39, 0.29) is 11.5 Å². The Hall–Kier alpha value is -0.753. The maximum absolute atomic E-state index is 6.89. The van der Waals surface area contributed by atoms with Crippen molar-refractivity contribution in [3.05, 3.63) is 34.3 Å². The summed E-state index contributed by atoms with van der Waals surface area (Å²) >= 11 is 6.59. The molecule has 0 heterocycles. The molecule has 1 atom stereocenters. The molecule has 0 aliphatic rings. The topological polar surface area (TPSA) is 9.23 Å². The highest BCUT2D eigenvalue weighted by atomic mass is 35.5. The van der Waals surface area contributed by atoms with Crippen LogP contribution in [0, 0.1) is 24.2 Å². The Labute approximate surface area is 168 Å². The first-order valence-corrected chi connectivity index (χ1v) is 13.0. The fourth-order valence-electron chi connectivity index (χ4n) is 3.32. The average molecular weight is 393 g/mol. The Morgan fingerprint density at radius 1 is 1.12 bits per heavy atom. The Balaban J connectivity index is 3.01. The van der Waals surface area contributed by atoms with Gasteiger partial charge in [-0.1, -0.05) is 50.4 Å². The van der Waals surface area contributed by atoms with Crippen molar-refractivity contribution in [2.75, 3.05) is 0 Å². The molecule has 0 N–H and O–H groups in total. The highest BCUT2D eigenvalue weighted by Gasteiger charge is 2.33. The van der Waals surface area contributed by atoms with Crippen LogP contribution in [0.2, 0.25) is 23.2 Å². The summed E-state index contributed by atoms with van der Waals surface area (Å²) < 4.78 is 6.89. The van der Waals surface area contributed by atoms with Crippen molar-refractivity contribution in [1.29, 1.82) is 0 Å². The number of halogens is 1. The predicted molar refractivity (Wildman–Crippen MR) is 118 cm³/mol. The highest BCUT2D eigenvalue weighted by Crippen LogP contribution is 2.37. The number of benzene rings is 1. The van der Waals surface area contributed by atoms with Gasteiger partial charge in [-0.05, 0) is 70.3 Å². The second-order valence-corrected chi connectivity index (χ2v) is 13.4. The molecular formula is C23H37ClOSi. The van der Waals surface area contributed by atoms with E-state index in [1.807, 2.05) is 12.1 Å². The Morgan fingerprint density at radius 2 is 1.73 bits per heavy atom. The third-order valence-electron chi connectivity index (χ3n) is 5.15. The molecule has 146 valence electrons. The summed E-state index contributed by atoms with van der Waals surface area (Å²) in [5.74, 6) is 6.67. The van der Waals surface area contributed by atoms with Crippen LogP contribution in [-0.2, 0) is 4.43 Å². The monoisotopic (exact) mass is 392 g/mol. The highest BCUT2D eigenvalue weighted by molar-refractivity contribution is 6.73. The van der Waals surface area contributed by atoms with Crippen molar-refractivity contribution >= 4 is 19.9 Å². The van der Waals surface area contributed by atoms with Gasteiger partial charge in [-0.3, -0.25) is 0 Å². The van der Waals surface area contributed by atoms with Gasteiger partial charge in [0.15, 0.2) is 8.32 Å². The van der Waals surface area contributed by atoms with Crippen LogP contribution < -0.4 is 0 Å². The van der Waals surface area contributed by atoms with Gasteiger partial charge in [-0.2, -0.15) is 0 Å². The molecule has 0 radical (unpaired) electrons. The summed E-state index contributed by atoms with van der Waals surface area (Å²) in [6.45, 7) is 15.5. The van der Waals surface area contributed by atoms with Crippen LogP contribution in [-0.4, -0.2) is 8.32 Å². The number of hydrogen-bond acceptors (Lipinski definition) is 1. The summed E-state index contributed by atoms with van der Waals surface area (Å²) in [6.07, 6.45) is 3.03. The lowest BCUT2D eigenvalue weighted by Gasteiger charge is -2.34. The fraction of sp³-hybridized carbons (Fsp3) is 0.652. The largest absolute Gasteiger partial charge is 0.410 e. The average Bonchev–Trinajstić information content (AvgIpc) is 2.57. The van der Waals surface area contributed by atoms with Gasteiger partial charge < -0.3 is 4.43 Å². The van der Waals surface area contributed by atoms with Gasteiger partial charge in [-0.25, -0.2) is 0 Å². The zero-order valence-corrected chi connectivity index (χ0v) is 19.6. The zero-order chi connectivity index (χ0) is 19.8. The smallest absolute Gasteiger partial charge is 0.192 e. The maximum atomic E-state index is 6.89. The van der Waals surface area contributed by atoms with E-state index in [0.717, 1.165) is 42.4 Å². The van der Waals surface area contributed by atoms with Gasteiger partial charge in [0.25, 0.3) is 0 Å². The minimum absolute atomic E-state index is 0.0733. The number of unbranched alkanes of at least 4 members (excludes halogenated alkanes) is 1. The third kappa shape index (κ3) is 7.10. The molecule has 1 rings (SSSR count). The van der Waals surface area contributed by atoms with Crippen LogP contribution in [0.3, 0.4) is 0 Å². The first kappa shape index (κ1) is 23.3.